The van der Waals surface area contributed by atoms with Gasteiger partial charge in [0.05, 0.1) is 6.10 Å². The molecule has 0 aliphatic carbocycles. The number of benzene rings is 2. The molecule has 0 aliphatic heterocycles. The van der Waals surface area contributed by atoms with Gasteiger partial charge in [-0.05, 0) is 31.0 Å². The van der Waals surface area contributed by atoms with Gasteiger partial charge in [0, 0.05) is 0 Å². The minimum absolute atomic E-state index is 0.291. The molecule has 0 amide bonds. The van der Waals surface area contributed by atoms with E-state index < -0.39 is 6.29 Å². The molecular weight excluding hydrogens is 252 g/mol. The van der Waals surface area contributed by atoms with Crippen molar-refractivity contribution in [1.82, 2.24) is 0 Å². The Morgan fingerprint density at radius 3 is 1.85 bits per heavy atom. The molecule has 0 heterocycles. The minimum atomic E-state index is -0.734. The van der Waals surface area contributed by atoms with Crippen LogP contribution >= 0.6 is 0 Å². The van der Waals surface area contributed by atoms with Gasteiger partial charge >= 0.3 is 0 Å². The van der Waals surface area contributed by atoms with E-state index in [2.05, 4.69) is 0 Å². The lowest BCUT2D eigenvalue weighted by Crippen LogP contribution is -2.08. The second-order valence-corrected chi connectivity index (χ2v) is 4.36. The van der Waals surface area contributed by atoms with E-state index in [1.807, 2.05) is 55.5 Å². The van der Waals surface area contributed by atoms with Crippen LogP contribution in [0.25, 0.3) is 0 Å². The van der Waals surface area contributed by atoms with Gasteiger partial charge in [-0.25, -0.2) is 0 Å². The zero-order chi connectivity index (χ0) is 14.8. The van der Waals surface area contributed by atoms with E-state index in [0.717, 1.165) is 12.0 Å². The van der Waals surface area contributed by atoms with Crippen molar-refractivity contribution < 1.29 is 14.9 Å². The Morgan fingerprint density at radius 1 is 0.900 bits per heavy atom. The molecule has 2 rings (SSSR count). The molecule has 2 unspecified atom stereocenters. The largest absolute Gasteiger partial charge is 0.465 e. The molecule has 20 heavy (non-hydrogen) atoms. The van der Waals surface area contributed by atoms with E-state index in [4.69, 9.17) is 9.84 Å². The summed E-state index contributed by atoms with van der Waals surface area (Å²) in [4.78, 5) is 0. The van der Waals surface area contributed by atoms with Crippen LogP contribution in [0.1, 0.15) is 31.9 Å². The Hall–Kier alpha value is -1.84. The van der Waals surface area contributed by atoms with Gasteiger partial charge in [0.2, 0.25) is 0 Å². The molecule has 0 spiro atoms. The first-order valence-corrected chi connectivity index (χ1v) is 6.76. The van der Waals surface area contributed by atoms with Crippen molar-refractivity contribution in [2.24, 2.45) is 0 Å². The average molecular weight is 274 g/mol. The Morgan fingerprint density at radius 2 is 1.40 bits per heavy atom. The van der Waals surface area contributed by atoms with Gasteiger partial charge in [0.15, 0.2) is 6.29 Å². The quantitative estimate of drug-likeness (QED) is 0.838. The van der Waals surface area contributed by atoms with Gasteiger partial charge in [0.1, 0.15) is 5.75 Å². The SMILES string of the molecule is CC(O)Oc1ccccc1.CCC(O)c1ccccc1. The Balaban J connectivity index is 0.000000200. The van der Waals surface area contributed by atoms with E-state index in [9.17, 15) is 5.11 Å². The molecule has 0 saturated heterocycles. The smallest absolute Gasteiger partial charge is 0.194 e. The molecule has 108 valence electrons. The first-order chi connectivity index (χ1) is 9.63. The van der Waals surface area contributed by atoms with Crippen molar-refractivity contribution in [2.75, 3.05) is 0 Å². The van der Waals surface area contributed by atoms with Gasteiger partial charge in [0.25, 0.3) is 0 Å². The molecule has 2 aromatic rings. The maximum Gasteiger partial charge on any atom is 0.194 e. The van der Waals surface area contributed by atoms with Crippen molar-refractivity contribution in [1.29, 1.82) is 0 Å². The van der Waals surface area contributed by atoms with Gasteiger partial charge < -0.3 is 14.9 Å². The number of aliphatic hydroxyl groups excluding tert-OH is 2. The molecule has 3 nitrogen and oxygen atoms in total. The van der Waals surface area contributed by atoms with Crippen LogP contribution in [0.3, 0.4) is 0 Å². The summed E-state index contributed by atoms with van der Waals surface area (Å²) in [6, 6.07) is 18.9. The average Bonchev–Trinajstić information content (AvgIpc) is 2.48. The molecular formula is C17H22O3. The number of aliphatic hydroxyl groups is 2. The molecule has 2 N–H and O–H groups in total. The summed E-state index contributed by atoms with van der Waals surface area (Å²) < 4.78 is 4.97. The highest BCUT2D eigenvalue weighted by Crippen LogP contribution is 2.14. The van der Waals surface area contributed by atoms with E-state index in [-0.39, 0.29) is 6.10 Å². The van der Waals surface area contributed by atoms with Crippen molar-refractivity contribution >= 4 is 0 Å². The molecule has 2 atom stereocenters. The van der Waals surface area contributed by atoms with Gasteiger partial charge in [-0.15, -0.1) is 0 Å². The summed E-state index contributed by atoms with van der Waals surface area (Å²) in [6.45, 7) is 3.55. The summed E-state index contributed by atoms with van der Waals surface area (Å²) in [5.41, 5.74) is 1.00. The Labute approximate surface area is 120 Å². The minimum Gasteiger partial charge on any atom is -0.465 e. The first kappa shape index (κ1) is 16.2. The fraction of sp³-hybridized carbons (Fsp3) is 0.294. The predicted molar refractivity (Wildman–Crippen MR) is 80.4 cm³/mol. The summed E-state index contributed by atoms with van der Waals surface area (Å²) in [7, 11) is 0. The lowest BCUT2D eigenvalue weighted by molar-refractivity contribution is -0.000288. The standard InChI is InChI=1S/C9H12O.C8H10O2/c1-2-9(10)8-6-4-3-5-7-8;1-7(9)10-8-5-3-2-4-6-8/h3-7,9-10H,2H2,1H3;2-7,9H,1H3. The van der Waals surface area contributed by atoms with Crippen LogP contribution in [0.4, 0.5) is 0 Å². The summed E-state index contributed by atoms with van der Waals surface area (Å²) in [5.74, 6) is 0.692. The van der Waals surface area contributed by atoms with Crippen LogP contribution in [0.15, 0.2) is 60.7 Å². The third-order valence-electron chi connectivity index (χ3n) is 2.62. The Kier molecular flexibility index (Phi) is 7.40. The molecule has 0 fully saturated rings. The second kappa shape index (κ2) is 9.13. The van der Waals surface area contributed by atoms with E-state index in [1.165, 1.54) is 0 Å². The van der Waals surface area contributed by atoms with Crippen LogP contribution in [0, 0.1) is 0 Å². The maximum absolute atomic E-state index is 9.33. The summed E-state index contributed by atoms with van der Waals surface area (Å²) >= 11 is 0. The normalized spacial score (nSPS) is 12.8. The van der Waals surface area contributed by atoms with E-state index >= 15 is 0 Å². The van der Waals surface area contributed by atoms with Crippen LogP contribution in [0.2, 0.25) is 0 Å². The third-order valence-corrected chi connectivity index (χ3v) is 2.62. The fourth-order valence-electron chi connectivity index (χ4n) is 1.61. The van der Waals surface area contributed by atoms with Crippen LogP contribution < -0.4 is 4.74 Å². The number of rotatable bonds is 4. The molecule has 0 saturated carbocycles. The lowest BCUT2D eigenvalue weighted by atomic mass is 10.1. The van der Waals surface area contributed by atoms with Gasteiger partial charge in [-0.3, -0.25) is 0 Å². The second-order valence-electron chi connectivity index (χ2n) is 4.36. The number of hydrogen-bond donors (Lipinski definition) is 2. The highest BCUT2D eigenvalue weighted by Gasteiger charge is 2.00. The van der Waals surface area contributed by atoms with Crippen molar-refractivity contribution in [3.63, 3.8) is 0 Å². The highest BCUT2D eigenvalue weighted by atomic mass is 16.6. The molecule has 0 bridgehead atoms. The molecule has 2 aromatic carbocycles. The van der Waals surface area contributed by atoms with Crippen LogP contribution in [-0.2, 0) is 0 Å². The van der Waals surface area contributed by atoms with E-state index in [0.29, 0.717) is 5.75 Å². The van der Waals surface area contributed by atoms with Crippen molar-refractivity contribution in [3.8, 4) is 5.75 Å². The maximum atomic E-state index is 9.33. The summed E-state index contributed by atoms with van der Waals surface area (Å²) in [6.07, 6.45) is -0.243. The van der Waals surface area contributed by atoms with Crippen molar-refractivity contribution in [2.45, 2.75) is 32.7 Å². The third kappa shape index (κ3) is 6.36. The molecule has 3 heteroatoms. The topological polar surface area (TPSA) is 49.7 Å². The zero-order valence-electron chi connectivity index (χ0n) is 11.9. The van der Waals surface area contributed by atoms with Crippen LogP contribution in [-0.4, -0.2) is 16.5 Å². The molecule has 0 aliphatic rings. The fourth-order valence-corrected chi connectivity index (χ4v) is 1.61. The predicted octanol–water partition coefficient (Wildman–Crippen LogP) is 3.53. The van der Waals surface area contributed by atoms with Gasteiger partial charge in [-0.2, -0.15) is 0 Å². The van der Waals surface area contributed by atoms with Gasteiger partial charge in [-0.1, -0.05) is 55.5 Å². The number of hydrogen-bond acceptors (Lipinski definition) is 3. The molecule has 0 aromatic heterocycles. The van der Waals surface area contributed by atoms with Crippen molar-refractivity contribution in [3.05, 3.63) is 66.2 Å². The monoisotopic (exact) mass is 274 g/mol. The molecule has 0 radical (unpaired) electrons. The number of para-hydroxylation sites is 1. The zero-order valence-corrected chi connectivity index (χ0v) is 11.9. The first-order valence-electron chi connectivity index (χ1n) is 6.76. The number of ether oxygens (including phenoxy) is 1. The lowest BCUT2D eigenvalue weighted by Gasteiger charge is -2.06. The summed E-state index contributed by atoms with van der Waals surface area (Å²) in [5, 5.41) is 18.1. The highest BCUT2D eigenvalue weighted by molar-refractivity contribution is 5.20. The Bertz CT molecular complexity index is 454. The van der Waals surface area contributed by atoms with Crippen LogP contribution in [0.5, 0.6) is 5.75 Å². The van der Waals surface area contributed by atoms with E-state index in [1.54, 1.807) is 19.1 Å².